The first-order valence-electron chi connectivity index (χ1n) is 5.88. The highest BCUT2D eigenvalue weighted by molar-refractivity contribution is 9.10. The minimum absolute atomic E-state index is 0.131. The molecular weight excluding hydrogens is 366 g/mol. The molecule has 2 aromatic carbocycles. The maximum absolute atomic E-state index is 14.4. The normalized spacial score (nSPS) is 11.1. The second-order valence-corrected chi connectivity index (χ2v) is 5.56. The van der Waals surface area contributed by atoms with Crippen LogP contribution in [0.25, 0.3) is 16.6 Å². The molecule has 0 aliphatic carbocycles. The lowest BCUT2D eigenvalue weighted by molar-refractivity contribution is 0.362. The first-order valence-corrected chi connectivity index (χ1v) is 7.05. The SMILES string of the molecule is COc1c(F)cc2cnn(-c3ccc(Br)c(Cl)c3)c2c1F. The molecule has 0 unspecified atom stereocenters. The Kier molecular flexibility index (Phi) is 3.59. The number of methoxy groups -OCH3 is 1. The van der Waals surface area contributed by atoms with Gasteiger partial charge >= 0.3 is 0 Å². The Hall–Kier alpha value is -1.66. The Morgan fingerprint density at radius 3 is 2.71 bits per heavy atom. The summed E-state index contributed by atoms with van der Waals surface area (Å²) in [6, 6.07) is 6.26. The maximum Gasteiger partial charge on any atom is 0.194 e. The van der Waals surface area contributed by atoms with E-state index in [1.807, 2.05) is 0 Å². The Balaban J connectivity index is 2.31. The van der Waals surface area contributed by atoms with E-state index in [1.54, 1.807) is 18.2 Å². The summed E-state index contributed by atoms with van der Waals surface area (Å²) in [7, 11) is 1.21. The fourth-order valence-corrected chi connectivity index (χ4v) is 2.52. The highest BCUT2D eigenvalue weighted by Crippen LogP contribution is 2.32. The fourth-order valence-electron chi connectivity index (χ4n) is 2.10. The van der Waals surface area contributed by atoms with Crippen LogP contribution in [0.15, 0.2) is 34.9 Å². The zero-order chi connectivity index (χ0) is 15.1. The lowest BCUT2D eigenvalue weighted by Crippen LogP contribution is -2.00. The molecular formula is C14H8BrClF2N2O. The van der Waals surface area contributed by atoms with Gasteiger partial charge in [0, 0.05) is 9.86 Å². The molecule has 0 saturated heterocycles. The van der Waals surface area contributed by atoms with Gasteiger partial charge in [-0.25, -0.2) is 13.5 Å². The molecule has 0 saturated carbocycles. The standard InChI is InChI=1S/C14H8BrClF2N2O/c1-21-14-11(17)4-7-6-19-20(13(7)12(14)18)8-2-3-9(15)10(16)5-8/h2-6H,1H3. The second kappa shape index (κ2) is 5.27. The monoisotopic (exact) mass is 372 g/mol. The molecule has 3 aromatic rings. The summed E-state index contributed by atoms with van der Waals surface area (Å²) < 4.78 is 34.9. The molecule has 1 heterocycles. The van der Waals surface area contributed by atoms with Gasteiger partial charge in [0.2, 0.25) is 0 Å². The first kappa shape index (κ1) is 14.3. The van der Waals surface area contributed by atoms with E-state index < -0.39 is 17.4 Å². The Labute approximate surface area is 132 Å². The van der Waals surface area contributed by atoms with Crippen LogP contribution in [-0.4, -0.2) is 16.9 Å². The van der Waals surface area contributed by atoms with Crippen molar-refractivity contribution in [3.05, 3.63) is 51.6 Å². The third-order valence-electron chi connectivity index (χ3n) is 3.06. The molecule has 0 amide bonds. The van der Waals surface area contributed by atoms with Crippen molar-refractivity contribution in [2.45, 2.75) is 0 Å². The highest BCUT2D eigenvalue weighted by Gasteiger charge is 2.19. The highest BCUT2D eigenvalue weighted by atomic mass is 79.9. The van der Waals surface area contributed by atoms with E-state index in [1.165, 1.54) is 24.1 Å². The average molecular weight is 374 g/mol. The van der Waals surface area contributed by atoms with Gasteiger partial charge in [0.1, 0.15) is 5.52 Å². The van der Waals surface area contributed by atoms with Crippen LogP contribution in [0.5, 0.6) is 5.75 Å². The summed E-state index contributed by atoms with van der Waals surface area (Å²) in [4.78, 5) is 0. The average Bonchev–Trinajstić information content (AvgIpc) is 2.86. The van der Waals surface area contributed by atoms with Crippen molar-refractivity contribution in [1.82, 2.24) is 9.78 Å². The van der Waals surface area contributed by atoms with Crippen LogP contribution < -0.4 is 4.74 Å². The molecule has 3 nitrogen and oxygen atoms in total. The number of rotatable bonds is 2. The molecule has 0 fully saturated rings. The van der Waals surface area contributed by atoms with Gasteiger partial charge in [-0.05, 0) is 40.2 Å². The second-order valence-electron chi connectivity index (χ2n) is 4.30. The summed E-state index contributed by atoms with van der Waals surface area (Å²) in [5, 5.41) is 4.90. The molecule has 0 radical (unpaired) electrons. The molecule has 108 valence electrons. The number of nitrogens with zero attached hydrogens (tertiary/aromatic N) is 2. The topological polar surface area (TPSA) is 27.1 Å². The van der Waals surface area contributed by atoms with Gasteiger partial charge < -0.3 is 4.74 Å². The molecule has 7 heteroatoms. The number of ether oxygens (including phenoxy) is 1. The van der Waals surface area contributed by atoms with Gasteiger partial charge in [0.25, 0.3) is 0 Å². The largest absolute Gasteiger partial charge is 0.491 e. The van der Waals surface area contributed by atoms with E-state index in [4.69, 9.17) is 16.3 Å². The van der Waals surface area contributed by atoms with Crippen LogP contribution >= 0.6 is 27.5 Å². The van der Waals surface area contributed by atoms with Crippen molar-refractivity contribution in [1.29, 1.82) is 0 Å². The van der Waals surface area contributed by atoms with Gasteiger partial charge in [0.05, 0.1) is 24.0 Å². The number of aromatic nitrogens is 2. The number of hydrogen-bond donors (Lipinski definition) is 0. The Morgan fingerprint density at radius 1 is 1.29 bits per heavy atom. The molecule has 0 bridgehead atoms. The number of hydrogen-bond acceptors (Lipinski definition) is 2. The fraction of sp³-hybridized carbons (Fsp3) is 0.0714. The molecule has 0 spiro atoms. The van der Waals surface area contributed by atoms with E-state index in [9.17, 15) is 8.78 Å². The van der Waals surface area contributed by atoms with Crippen molar-refractivity contribution in [2.75, 3.05) is 7.11 Å². The third kappa shape index (κ3) is 2.28. The van der Waals surface area contributed by atoms with Crippen LogP contribution in [-0.2, 0) is 0 Å². The van der Waals surface area contributed by atoms with Crippen molar-refractivity contribution in [3.63, 3.8) is 0 Å². The van der Waals surface area contributed by atoms with Gasteiger partial charge in [-0.15, -0.1) is 0 Å². The third-order valence-corrected chi connectivity index (χ3v) is 4.29. The number of halogens is 4. The summed E-state index contributed by atoms with van der Waals surface area (Å²) in [6.07, 6.45) is 1.39. The van der Waals surface area contributed by atoms with Crippen molar-refractivity contribution in [2.24, 2.45) is 0 Å². The van der Waals surface area contributed by atoms with E-state index in [2.05, 4.69) is 21.0 Å². The zero-order valence-corrected chi connectivity index (χ0v) is 13.0. The number of benzene rings is 2. The Morgan fingerprint density at radius 2 is 2.05 bits per heavy atom. The molecule has 0 aliphatic rings. The van der Waals surface area contributed by atoms with E-state index in [0.717, 1.165) is 0 Å². The molecule has 0 atom stereocenters. The van der Waals surface area contributed by atoms with E-state index in [-0.39, 0.29) is 5.52 Å². The zero-order valence-electron chi connectivity index (χ0n) is 10.7. The van der Waals surface area contributed by atoms with Crippen molar-refractivity contribution >= 4 is 38.4 Å². The molecule has 0 aliphatic heterocycles. The van der Waals surface area contributed by atoms with Crippen LogP contribution in [0.4, 0.5) is 8.78 Å². The quantitative estimate of drug-likeness (QED) is 0.649. The summed E-state index contributed by atoms with van der Waals surface area (Å²) in [6.45, 7) is 0. The van der Waals surface area contributed by atoms with Gasteiger partial charge in [-0.2, -0.15) is 5.10 Å². The van der Waals surface area contributed by atoms with Crippen molar-refractivity contribution < 1.29 is 13.5 Å². The minimum Gasteiger partial charge on any atom is -0.491 e. The smallest absolute Gasteiger partial charge is 0.194 e. The van der Waals surface area contributed by atoms with Crippen LogP contribution in [0.2, 0.25) is 5.02 Å². The number of fused-ring (bicyclic) bond motifs is 1. The summed E-state index contributed by atoms with van der Waals surface area (Å²) >= 11 is 9.32. The first-order chi connectivity index (χ1) is 10.0. The van der Waals surface area contributed by atoms with Gasteiger partial charge in [-0.3, -0.25) is 0 Å². The van der Waals surface area contributed by atoms with Crippen LogP contribution in [0.3, 0.4) is 0 Å². The lowest BCUT2D eigenvalue weighted by Gasteiger charge is -2.08. The predicted molar refractivity (Wildman–Crippen MR) is 80.2 cm³/mol. The lowest BCUT2D eigenvalue weighted by atomic mass is 10.2. The van der Waals surface area contributed by atoms with Gasteiger partial charge in [0.15, 0.2) is 17.4 Å². The summed E-state index contributed by atoms with van der Waals surface area (Å²) in [5.41, 5.74) is 0.692. The predicted octanol–water partition coefficient (Wildman–Crippen LogP) is 4.73. The Bertz CT molecular complexity index is 851. The van der Waals surface area contributed by atoms with Crippen LogP contribution in [0, 0.1) is 11.6 Å². The van der Waals surface area contributed by atoms with Crippen LogP contribution in [0.1, 0.15) is 0 Å². The van der Waals surface area contributed by atoms with E-state index in [0.29, 0.717) is 20.6 Å². The van der Waals surface area contributed by atoms with Crippen molar-refractivity contribution in [3.8, 4) is 11.4 Å². The molecule has 21 heavy (non-hydrogen) atoms. The van der Waals surface area contributed by atoms with Gasteiger partial charge in [-0.1, -0.05) is 11.6 Å². The molecule has 3 rings (SSSR count). The minimum atomic E-state index is -0.802. The molecule has 1 aromatic heterocycles. The van der Waals surface area contributed by atoms with E-state index >= 15 is 0 Å². The summed E-state index contributed by atoms with van der Waals surface area (Å²) in [5.74, 6) is -2.01. The maximum atomic E-state index is 14.4. The molecule has 0 N–H and O–H groups in total.